The number of carbonyl (C=O) groups excluding carboxylic acids is 1. The fraction of sp³-hybridized carbons (Fsp3) is 0.448. The first-order valence-electron chi connectivity index (χ1n) is 11.7. The van der Waals surface area contributed by atoms with Gasteiger partial charge in [0.15, 0.2) is 0 Å². The van der Waals surface area contributed by atoms with Gasteiger partial charge >= 0.3 is 0 Å². The summed E-state index contributed by atoms with van der Waals surface area (Å²) in [5.41, 5.74) is 4.89. The van der Waals surface area contributed by atoms with Gasteiger partial charge in [0, 0.05) is 11.3 Å². The molecule has 0 fully saturated rings. The largest absolute Gasteiger partial charge is 0.497 e. The molecule has 2 aromatic rings. The number of unbranched alkanes of at least 4 members (excludes halogenated alkanes) is 3. The fourth-order valence-electron chi connectivity index (χ4n) is 2.41. The number of allylic oxidation sites excluding steroid dienone is 2. The lowest BCUT2D eigenvalue weighted by atomic mass is 10.1. The summed E-state index contributed by atoms with van der Waals surface area (Å²) in [6.45, 7) is 16.2. The molecule has 0 amide bonds. The SMILES string of the molecule is C/C=C/CCCCC.CC.CC(C)=Nc1cc(C=O)ccc1C.COc1ccc(C)cc1. The van der Waals surface area contributed by atoms with Gasteiger partial charge in [0.05, 0.1) is 12.8 Å². The first kappa shape index (κ1) is 31.5. The lowest BCUT2D eigenvalue weighted by Gasteiger charge is -2.01. The average Bonchev–Trinajstić information content (AvgIpc) is 2.81. The summed E-state index contributed by atoms with van der Waals surface area (Å²) in [7, 11) is 1.67. The molecule has 32 heavy (non-hydrogen) atoms. The van der Waals surface area contributed by atoms with Crippen LogP contribution in [0.3, 0.4) is 0 Å². The molecule has 0 N–H and O–H groups in total. The molecule has 2 aromatic carbocycles. The standard InChI is InChI=1S/C11H13NO.C8H10O.C8H16.C2H6/c1-8(2)12-11-6-10(7-13)5-4-9(11)3;1-7-3-5-8(9-2)6-4-7;1-3-5-7-8-6-4-2;1-2/h4-7H,1-3H3;3-6H,1-2H3;3,5H,4,6-8H2,1-2H3;1-2H3/b;;5-3+;. The second kappa shape index (κ2) is 21.5. The molecule has 0 saturated carbocycles. The van der Waals surface area contributed by atoms with E-state index in [1.165, 1.54) is 31.2 Å². The lowest BCUT2D eigenvalue weighted by molar-refractivity contribution is 0.112. The van der Waals surface area contributed by atoms with E-state index >= 15 is 0 Å². The van der Waals surface area contributed by atoms with Crippen molar-refractivity contribution in [2.75, 3.05) is 7.11 Å². The molecule has 178 valence electrons. The van der Waals surface area contributed by atoms with E-state index in [0.29, 0.717) is 5.56 Å². The molecule has 0 aliphatic heterocycles. The molecular weight excluding hydrogens is 394 g/mol. The molecule has 0 saturated heterocycles. The van der Waals surface area contributed by atoms with Gasteiger partial charge in [-0.3, -0.25) is 9.79 Å². The third kappa shape index (κ3) is 17.0. The highest BCUT2D eigenvalue weighted by atomic mass is 16.5. The Balaban J connectivity index is 0. The summed E-state index contributed by atoms with van der Waals surface area (Å²) >= 11 is 0. The van der Waals surface area contributed by atoms with E-state index < -0.39 is 0 Å². The van der Waals surface area contributed by atoms with Crippen molar-refractivity contribution in [1.29, 1.82) is 0 Å². The van der Waals surface area contributed by atoms with Gasteiger partial charge in [0.2, 0.25) is 0 Å². The van der Waals surface area contributed by atoms with Crippen LogP contribution in [0.2, 0.25) is 0 Å². The molecule has 0 spiro atoms. The molecule has 0 aromatic heterocycles. The number of hydrogen-bond donors (Lipinski definition) is 0. The van der Waals surface area contributed by atoms with E-state index in [1.807, 2.05) is 65.0 Å². The number of nitrogens with zero attached hydrogens (tertiary/aromatic N) is 1. The Bertz CT molecular complexity index is 770. The van der Waals surface area contributed by atoms with Gasteiger partial charge in [-0.1, -0.05) is 75.6 Å². The number of carbonyl (C=O) groups is 1. The Hall–Kier alpha value is -2.68. The van der Waals surface area contributed by atoms with Crippen LogP contribution in [0.25, 0.3) is 0 Å². The summed E-state index contributed by atoms with van der Waals surface area (Å²) in [6, 6.07) is 13.5. The molecule has 0 heterocycles. The van der Waals surface area contributed by atoms with Crippen LogP contribution in [0.15, 0.2) is 59.6 Å². The highest BCUT2D eigenvalue weighted by Crippen LogP contribution is 2.19. The molecule has 0 unspecified atom stereocenters. The minimum absolute atomic E-state index is 0.672. The van der Waals surface area contributed by atoms with Crippen molar-refractivity contribution in [2.45, 2.75) is 81.1 Å². The molecule has 0 bridgehead atoms. The summed E-state index contributed by atoms with van der Waals surface area (Å²) in [5.74, 6) is 0.917. The molecule has 2 rings (SSSR count). The number of hydrogen-bond acceptors (Lipinski definition) is 3. The van der Waals surface area contributed by atoms with Crippen LogP contribution in [0.1, 0.15) is 88.7 Å². The van der Waals surface area contributed by atoms with Crippen LogP contribution in [0, 0.1) is 13.8 Å². The van der Waals surface area contributed by atoms with E-state index in [0.717, 1.165) is 29.0 Å². The monoisotopic (exact) mass is 439 g/mol. The molecule has 3 nitrogen and oxygen atoms in total. The minimum Gasteiger partial charge on any atom is -0.497 e. The van der Waals surface area contributed by atoms with Crippen molar-refractivity contribution in [1.82, 2.24) is 0 Å². The van der Waals surface area contributed by atoms with Gasteiger partial charge < -0.3 is 4.74 Å². The zero-order valence-corrected chi connectivity index (χ0v) is 21.9. The van der Waals surface area contributed by atoms with Gasteiger partial charge in [-0.15, -0.1) is 0 Å². The van der Waals surface area contributed by atoms with Gasteiger partial charge in [-0.05, 0) is 71.2 Å². The van der Waals surface area contributed by atoms with Crippen molar-refractivity contribution in [3.05, 3.63) is 71.3 Å². The van der Waals surface area contributed by atoms with Crippen LogP contribution in [0.4, 0.5) is 5.69 Å². The van der Waals surface area contributed by atoms with Gasteiger partial charge in [-0.2, -0.15) is 0 Å². The van der Waals surface area contributed by atoms with Crippen molar-refractivity contribution < 1.29 is 9.53 Å². The molecule has 0 aliphatic rings. The molecule has 0 aliphatic carbocycles. The second-order valence-corrected chi connectivity index (χ2v) is 7.30. The number of aryl methyl sites for hydroxylation is 2. The third-order valence-electron chi connectivity index (χ3n) is 4.18. The minimum atomic E-state index is 0.672. The van der Waals surface area contributed by atoms with E-state index in [-0.39, 0.29) is 0 Å². The molecule has 0 atom stereocenters. The van der Waals surface area contributed by atoms with Gasteiger partial charge in [-0.25, -0.2) is 0 Å². The highest BCUT2D eigenvalue weighted by Gasteiger charge is 1.97. The fourth-order valence-corrected chi connectivity index (χ4v) is 2.41. The molecule has 3 heteroatoms. The number of benzene rings is 2. The van der Waals surface area contributed by atoms with Crippen molar-refractivity contribution in [2.24, 2.45) is 4.99 Å². The third-order valence-corrected chi connectivity index (χ3v) is 4.18. The Labute approximate surface area is 197 Å². The van der Waals surface area contributed by atoms with Crippen LogP contribution in [-0.4, -0.2) is 19.1 Å². The highest BCUT2D eigenvalue weighted by molar-refractivity contribution is 5.84. The average molecular weight is 440 g/mol. The summed E-state index contributed by atoms with van der Waals surface area (Å²) < 4.78 is 4.97. The lowest BCUT2D eigenvalue weighted by Crippen LogP contribution is -1.84. The zero-order valence-electron chi connectivity index (χ0n) is 21.9. The van der Waals surface area contributed by atoms with Crippen LogP contribution >= 0.6 is 0 Å². The van der Waals surface area contributed by atoms with Gasteiger partial charge in [0.1, 0.15) is 12.0 Å². The van der Waals surface area contributed by atoms with Crippen LogP contribution in [0.5, 0.6) is 5.75 Å². The van der Waals surface area contributed by atoms with E-state index in [1.54, 1.807) is 19.2 Å². The predicted molar refractivity (Wildman–Crippen MR) is 143 cm³/mol. The quantitative estimate of drug-likeness (QED) is 0.187. The number of ether oxygens (including phenoxy) is 1. The summed E-state index contributed by atoms with van der Waals surface area (Å²) in [5, 5.41) is 0. The first-order chi connectivity index (χ1) is 15.4. The second-order valence-electron chi connectivity index (χ2n) is 7.30. The number of methoxy groups -OCH3 is 1. The van der Waals surface area contributed by atoms with Crippen molar-refractivity contribution in [3.63, 3.8) is 0 Å². The van der Waals surface area contributed by atoms with Crippen molar-refractivity contribution in [3.8, 4) is 5.75 Å². The normalized spacial score (nSPS) is 9.28. The summed E-state index contributed by atoms with van der Waals surface area (Å²) in [4.78, 5) is 14.8. The Morgan fingerprint density at radius 3 is 2.09 bits per heavy atom. The maximum Gasteiger partial charge on any atom is 0.150 e. The number of aldehydes is 1. The molecule has 0 radical (unpaired) electrons. The topological polar surface area (TPSA) is 38.7 Å². The zero-order chi connectivity index (χ0) is 24.8. The Morgan fingerprint density at radius 1 is 1.00 bits per heavy atom. The Morgan fingerprint density at radius 2 is 1.62 bits per heavy atom. The smallest absolute Gasteiger partial charge is 0.150 e. The molecular formula is C29H45NO2. The van der Waals surface area contributed by atoms with Crippen LogP contribution < -0.4 is 4.74 Å². The summed E-state index contributed by atoms with van der Waals surface area (Å²) in [6.07, 6.45) is 10.5. The van der Waals surface area contributed by atoms with E-state index in [9.17, 15) is 4.79 Å². The predicted octanol–water partition coefficient (Wildman–Crippen LogP) is 9.09. The van der Waals surface area contributed by atoms with Gasteiger partial charge in [0.25, 0.3) is 0 Å². The number of rotatable bonds is 7. The van der Waals surface area contributed by atoms with E-state index in [2.05, 4.69) is 37.9 Å². The van der Waals surface area contributed by atoms with Crippen LogP contribution in [-0.2, 0) is 0 Å². The van der Waals surface area contributed by atoms with Crippen molar-refractivity contribution >= 4 is 17.7 Å². The first-order valence-corrected chi connectivity index (χ1v) is 11.7. The Kier molecular flexibility index (Phi) is 21.2. The maximum absolute atomic E-state index is 10.5. The number of aliphatic imine (C=N–C) groups is 1. The van der Waals surface area contributed by atoms with E-state index in [4.69, 9.17) is 4.74 Å². The maximum atomic E-state index is 10.5.